The molecule has 1 heterocycles. The second kappa shape index (κ2) is 4.85. The maximum Gasteiger partial charge on any atom is 0.0629 e. The van der Waals surface area contributed by atoms with Crippen LogP contribution >= 0.6 is 0 Å². The van der Waals surface area contributed by atoms with Crippen molar-refractivity contribution in [3.05, 3.63) is 0 Å². The Bertz CT molecular complexity index is 134. The molecule has 0 bridgehead atoms. The molecule has 0 radical (unpaired) electrons. The largest absolute Gasteiger partial charge is 0.378 e. The van der Waals surface area contributed by atoms with Crippen LogP contribution in [0.1, 0.15) is 6.92 Å². The zero-order valence-electron chi connectivity index (χ0n) is 6.84. The van der Waals surface area contributed by atoms with Gasteiger partial charge in [-0.25, -0.2) is 0 Å². The van der Waals surface area contributed by atoms with Gasteiger partial charge in [0.2, 0.25) is 0 Å². The normalized spacial score (nSPS) is 28.3. The van der Waals surface area contributed by atoms with Crippen LogP contribution in [0.3, 0.4) is 0 Å². The average Bonchev–Trinajstić information content (AvgIpc) is 2.06. The number of hydrogen-bond acceptors (Lipinski definition) is 3. The van der Waals surface area contributed by atoms with Crippen LogP contribution in [-0.4, -0.2) is 41.5 Å². The molecule has 1 N–H and O–H groups in total. The van der Waals surface area contributed by atoms with Crippen molar-refractivity contribution < 1.29 is 8.95 Å². The Morgan fingerprint density at radius 2 is 2.55 bits per heavy atom. The Hall–Kier alpha value is 0.0700. The Morgan fingerprint density at radius 3 is 3.09 bits per heavy atom. The maximum absolute atomic E-state index is 11.1. The van der Waals surface area contributed by atoms with E-state index in [4.69, 9.17) is 4.74 Å². The summed E-state index contributed by atoms with van der Waals surface area (Å²) in [5.41, 5.74) is 0. The van der Waals surface area contributed by atoms with E-state index < -0.39 is 10.8 Å². The van der Waals surface area contributed by atoms with Crippen molar-refractivity contribution in [2.24, 2.45) is 0 Å². The van der Waals surface area contributed by atoms with Crippen LogP contribution in [0.4, 0.5) is 0 Å². The van der Waals surface area contributed by atoms with E-state index in [9.17, 15) is 4.21 Å². The third kappa shape index (κ3) is 3.31. The van der Waals surface area contributed by atoms with Crippen LogP contribution in [0, 0.1) is 0 Å². The van der Waals surface area contributed by atoms with Gasteiger partial charge in [-0.3, -0.25) is 4.21 Å². The highest BCUT2D eigenvalue weighted by Crippen LogP contribution is 1.95. The third-order valence-corrected chi connectivity index (χ3v) is 3.13. The van der Waals surface area contributed by atoms with E-state index in [1.54, 1.807) is 0 Å². The second-order valence-corrected chi connectivity index (χ2v) is 4.41. The fourth-order valence-corrected chi connectivity index (χ4v) is 1.97. The van der Waals surface area contributed by atoms with Crippen LogP contribution in [0.2, 0.25) is 0 Å². The van der Waals surface area contributed by atoms with Gasteiger partial charge in [-0.2, -0.15) is 0 Å². The molecule has 0 aromatic rings. The molecule has 0 spiro atoms. The SMILES string of the molecule is CCS(=O)CC1COCCN1. The summed E-state index contributed by atoms with van der Waals surface area (Å²) in [7, 11) is -0.667. The number of ether oxygens (including phenoxy) is 1. The zero-order valence-corrected chi connectivity index (χ0v) is 7.65. The van der Waals surface area contributed by atoms with Crippen molar-refractivity contribution >= 4 is 10.8 Å². The Kier molecular flexibility index (Phi) is 4.04. The summed E-state index contributed by atoms with van der Waals surface area (Å²) in [6.45, 7) is 4.34. The molecule has 2 unspecified atom stereocenters. The zero-order chi connectivity index (χ0) is 8.10. The van der Waals surface area contributed by atoms with E-state index in [0.29, 0.717) is 12.6 Å². The molecule has 1 aliphatic heterocycles. The first kappa shape index (κ1) is 9.16. The van der Waals surface area contributed by atoms with Gasteiger partial charge in [0.15, 0.2) is 0 Å². The maximum atomic E-state index is 11.1. The summed E-state index contributed by atoms with van der Waals surface area (Å²) >= 11 is 0. The Labute approximate surface area is 70.0 Å². The van der Waals surface area contributed by atoms with Crippen molar-refractivity contribution in [1.82, 2.24) is 5.32 Å². The summed E-state index contributed by atoms with van der Waals surface area (Å²) in [5.74, 6) is 1.48. The molecular formula is C7H15NO2S. The lowest BCUT2D eigenvalue weighted by Crippen LogP contribution is -2.44. The number of rotatable bonds is 3. The minimum Gasteiger partial charge on any atom is -0.378 e. The van der Waals surface area contributed by atoms with Gasteiger partial charge < -0.3 is 10.1 Å². The quantitative estimate of drug-likeness (QED) is 0.645. The van der Waals surface area contributed by atoms with Crippen LogP contribution in [0.5, 0.6) is 0 Å². The van der Waals surface area contributed by atoms with Gasteiger partial charge in [-0.1, -0.05) is 6.92 Å². The lowest BCUT2D eigenvalue weighted by molar-refractivity contribution is 0.0835. The molecule has 2 atom stereocenters. The van der Waals surface area contributed by atoms with E-state index in [1.807, 2.05) is 6.92 Å². The standard InChI is InChI=1S/C7H15NO2S/c1-2-11(9)6-7-5-10-4-3-8-7/h7-8H,2-6H2,1H3. The molecule has 4 heteroatoms. The fraction of sp³-hybridized carbons (Fsp3) is 1.00. The van der Waals surface area contributed by atoms with Crippen LogP contribution in [0.25, 0.3) is 0 Å². The molecular weight excluding hydrogens is 162 g/mol. The molecule has 3 nitrogen and oxygen atoms in total. The topological polar surface area (TPSA) is 38.3 Å². The Morgan fingerprint density at radius 1 is 1.73 bits per heavy atom. The summed E-state index contributed by atoms with van der Waals surface area (Å²) in [4.78, 5) is 0. The number of nitrogens with one attached hydrogen (secondary N) is 1. The molecule has 0 aromatic carbocycles. The van der Waals surface area contributed by atoms with Crippen molar-refractivity contribution in [2.45, 2.75) is 13.0 Å². The molecule has 0 aliphatic carbocycles. The average molecular weight is 177 g/mol. The first-order valence-electron chi connectivity index (χ1n) is 3.99. The summed E-state index contributed by atoms with van der Waals surface area (Å²) < 4.78 is 16.3. The molecule has 1 saturated heterocycles. The molecule has 0 saturated carbocycles. The predicted molar refractivity (Wildman–Crippen MR) is 46.2 cm³/mol. The smallest absolute Gasteiger partial charge is 0.0629 e. The van der Waals surface area contributed by atoms with Crippen molar-refractivity contribution in [3.8, 4) is 0 Å². The first-order chi connectivity index (χ1) is 5.33. The summed E-state index contributed by atoms with van der Waals surface area (Å²) in [5, 5.41) is 3.27. The van der Waals surface area contributed by atoms with E-state index in [2.05, 4.69) is 5.32 Å². The van der Waals surface area contributed by atoms with Crippen LogP contribution < -0.4 is 5.32 Å². The molecule has 1 aliphatic rings. The van der Waals surface area contributed by atoms with Crippen molar-refractivity contribution in [1.29, 1.82) is 0 Å². The minimum atomic E-state index is -0.667. The van der Waals surface area contributed by atoms with Gasteiger partial charge in [-0.15, -0.1) is 0 Å². The van der Waals surface area contributed by atoms with E-state index in [-0.39, 0.29) is 0 Å². The van der Waals surface area contributed by atoms with E-state index in [1.165, 1.54) is 0 Å². The molecule has 1 rings (SSSR count). The van der Waals surface area contributed by atoms with Gasteiger partial charge in [0.25, 0.3) is 0 Å². The van der Waals surface area contributed by atoms with Gasteiger partial charge >= 0.3 is 0 Å². The van der Waals surface area contributed by atoms with E-state index in [0.717, 1.165) is 24.7 Å². The van der Waals surface area contributed by atoms with E-state index >= 15 is 0 Å². The monoisotopic (exact) mass is 177 g/mol. The lowest BCUT2D eigenvalue weighted by Gasteiger charge is -2.22. The molecule has 66 valence electrons. The lowest BCUT2D eigenvalue weighted by atomic mass is 10.3. The fourth-order valence-electron chi connectivity index (χ4n) is 1.07. The summed E-state index contributed by atoms with van der Waals surface area (Å²) in [6.07, 6.45) is 0. The minimum absolute atomic E-state index is 0.310. The van der Waals surface area contributed by atoms with Crippen LogP contribution in [-0.2, 0) is 15.5 Å². The van der Waals surface area contributed by atoms with Crippen molar-refractivity contribution in [2.75, 3.05) is 31.3 Å². The van der Waals surface area contributed by atoms with Crippen molar-refractivity contribution in [3.63, 3.8) is 0 Å². The van der Waals surface area contributed by atoms with Gasteiger partial charge in [0.1, 0.15) is 0 Å². The van der Waals surface area contributed by atoms with Crippen LogP contribution in [0.15, 0.2) is 0 Å². The van der Waals surface area contributed by atoms with Gasteiger partial charge in [-0.05, 0) is 0 Å². The molecule has 1 fully saturated rings. The Balaban J connectivity index is 2.19. The third-order valence-electron chi connectivity index (χ3n) is 1.71. The molecule has 11 heavy (non-hydrogen) atoms. The predicted octanol–water partition coefficient (Wildman–Crippen LogP) is -0.257. The first-order valence-corrected chi connectivity index (χ1v) is 5.48. The summed E-state index contributed by atoms with van der Waals surface area (Å²) in [6, 6.07) is 0.310. The molecule has 0 amide bonds. The van der Waals surface area contributed by atoms with Gasteiger partial charge in [0.05, 0.1) is 13.2 Å². The molecule has 0 aromatic heterocycles. The van der Waals surface area contributed by atoms with Gasteiger partial charge in [0, 0.05) is 34.9 Å². The highest BCUT2D eigenvalue weighted by atomic mass is 32.2. The highest BCUT2D eigenvalue weighted by Gasteiger charge is 2.14. The number of hydrogen-bond donors (Lipinski definition) is 1. The number of morpholine rings is 1. The second-order valence-electron chi connectivity index (χ2n) is 2.62. The highest BCUT2D eigenvalue weighted by molar-refractivity contribution is 7.84.